The number of nitrogens with zero attached hydrogens (tertiary/aromatic N) is 1. The van der Waals surface area contributed by atoms with E-state index in [0.29, 0.717) is 16.7 Å². The van der Waals surface area contributed by atoms with Crippen LogP contribution in [0.4, 0.5) is 0 Å². The minimum Gasteiger partial charge on any atom is -0.306 e. The molecule has 1 aliphatic heterocycles. The highest BCUT2D eigenvalue weighted by molar-refractivity contribution is 9.11. The molecule has 0 radical (unpaired) electrons. The molecule has 2 heterocycles. The summed E-state index contributed by atoms with van der Waals surface area (Å²) in [5.41, 5.74) is 0.963. The van der Waals surface area contributed by atoms with Gasteiger partial charge in [-0.3, -0.25) is 0 Å². The Morgan fingerprint density at radius 1 is 1.47 bits per heavy atom. The smallest absolute Gasteiger partial charge is 0.250 e. The number of piperidine rings is 1. The van der Waals surface area contributed by atoms with E-state index in [-0.39, 0.29) is 0 Å². The standard InChI is InChI=1S/C12H19BrN2O2S2/c1-9-7-11(18-12(9)13)19(16,17)14-8-10-3-5-15(2)6-4-10/h7,10,14H,3-6,8H2,1-2H3. The van der Waals surface area contributed by atoms with Crippen molar-refractivity contribution in [3.8, 4) is 0 Å². The van der Waals surface area contributed by atoms with E-state index in [1.807, 2.05) is 6.92 Å². The Bertz CT molecular complexity index is 514. The quantitative estimate of drug-likeness (QED) is 0.889. The number of thiophene rings is 1. The molecule has 0 atom stereocenters. The zero-order valence-corrected chi connectivity index (χ0v) is 14.4. The molecule has 0 aromatic carbocycles. The molecular weight excluding hydrogens is 348 g/mol. The number of halogens is 1. The highest BCUT2D eigenvalue weighted by atomic mass is 79.9. The van der Waals surface area contributed by atoms with Gasteiger partial charge in [-0.25, -0.2) is 13.1 Å². The lowest BCUT2D eigenvalue weighted by Crippen LogP contribution is -2.36. The highest BCUT2D eigenvalue weighted by Crippen LogP contribution is 2.30. The lowest BCUT2D eigenvalue weighted by atomic mass is 9.98. The maximum absolute atomic E-state index is 12.2. The SMILES string of the molecule is Cc1cc(S(=O)(=O)NCC2CCN(C)CC2)sc1Br. The Morgan fingerprint density at radius 2 is 2.11 bits per heavy atom. The van der Waals surface area contributed by atoms with Gasteiger partial charge in [0.25, 0.3) is 0 Å². The van der Waals surface area contributed by atoms with Crippen LogP contribution in [0.15, 0.2) is 14.1 Å². The van der Waals surface area contributed by atoms with E-state index >= 15 is 0 Å². The zero-order chi connectivity index (χ0) is 14.0. The van der Waals surface area contributed by atoms with Crippen molar-refractivity contribution in [1.29, 1.82) is 0 Å². The van der Waals surface area contributed by atoms with E-state index in [4.69, 9.17) is 0 Å². The molecule has 1 fully saturated rings. The van der Waals surface area contributed by atoms with Gasteiger partial charge < -0.3 is 4.90 Å². The number of rotatable bonds is 4. The largest absolute Gasteiger partial charge is 0.306 e. The van der Waals surface area contributed by atoms with Gasteiger partial charge in [0, 0.05) is 6.54 Å². The molecule has 1 aromatic heterocycles. The van der Waals surface area contributed by atoms with Crippen molar-refractivity contribution in [3.05, 3.63) is 15.4 Å². The molecule has 0 unspecified atom stereocenters. The van der Waals surface area contributed by atoms with Gasteiger partial charge in [-0.05, 0) is 73.4 Å². The van der Waals surface area contributed by atoms with Crippen molar-refractivity contribution in [2.45, 2.75) is 24.0 Å². The van der Waals surface area contributed by atoms with E-state index in [9.17, 15) is 8.42 Å². The highest BCUT2D eigenvalue weighted by Gasteiger charge is 2.22. The van der Waals surface area contributed by atoms with Gasteiger partial charge in [-0.15, -0.1) is 11.3 Å². The van der Waals surface area contributed by atoms with E-state index < -0.39 is 10.0 Å². The van der Waals surface area contributed by atoms with Crippen LogP contribution in [-0.2, 0) is 10.0 Å². The third-order valence-corrected chi connectivity index (χ3v) is 7.53. The molecule has 1 saturated heterocycles. The number of hydrogen-bond acceptors (Lipinski definition) is 4. The summed E-state index contributed by atoms with van der Waals surface area (Å²) in [6.07, 6.45) is 2.12. The second-order valence-corrected chi connectivity index (χ2v) is 9.48. The van der Waals surface area contributed by atoms with Crippen LogP contribution >= 0.6 is 27.3 Å². The fourth-order valence-electron chi connectivity index (χ4n) is 2.13. The summed E-state index contributed by atoms with van der Waals surface area (Å²) in [5, 5.41) is 0. The Hall–Kier alpha value is 0.0500. The van der Waals surface area contributed by atoms with Crippen LogP contribution < -0.4 is 4.72 Å². The number of likely N-dealkylation sites (tertiary alicyclic amines) is 1. The van der Waals surface area contributed by atoms with Crippen molar-refractivity contribution >= 4 is 37.3 Å². The van der Waals surface area contributed by atoms with Crippen LogP contribution in [0, 0.1) is 12.8 Å². The summed E-state index contributed by atoms with van der Waals surface area (Å²) in [4.78, 5) is 2.28. The predicted octanol–water partition coefficient (Wildman–Crippen LogP) is 2.44. The van der Waals surface area contributed by atoms with Gasteiger partial charge >= 0.3 is 0 Å². The zero-order valence-electron chi connectivity index (χ0n) is 11.1. The number of hydrogen-bond donors (Lipinski definition) is 1. The molecule has 108 valence electrons. The molecule has 0 amide bonds. The Balaban J connectivity index is 1.94. The number of aryl methyl sites for hydroxylation is 1. The van der Waals surface area contributed by atoms with Crippen molar-refractivity contribution < 1.29 is 8.42 Å². The molecule has 0 aliphatic carbocycles. The minimum absolute atomic E-state index is 0.393. The third kappa shape index (κ3) is 4.01. The van der Waals surface area contributed by atoms with Crippen molar-refractivity contribution in [2.24, 2.45) is 5.92 Å². The van der Waals surface area contributed by atoms with Gasteiger partial charge in [0.05, 0.1) is 3.79 Å². The monoisotopic (exact) mass is 366 g/mol. The first-order chi connectivity index (χ1) is 8.88. The van der Waals surface area contributed by atoms with Gasteiger partial charge in [-0.2, -0.15) is 0 Å². The molecule has 0 spiro atoms. The minimum atomic E-state index is -3.35. The van der Waals surface area contributed by atoms with Crippen LogP contribution in [-0.4, -0.2) is 40.0 Å². The number of nitrogens with one attached hydrogen (secondary N) is 1. The average molecular weight is 367 g/mol. The summed E-state index contributed by atoms with van der Waals surface area (Å²) in [5.74, 6) is 0.454. The lowest BCUT2D eigenvalue weighted by Gasteiger charge is -2.28. The molecule has 4 nitrogen and oxygen atoms in total. The van der Waals surface area contributed by atoms with Crippen molar-refractivity contribution in [3.63, 3.8) is 0 Å². The van der Waals surface area contributed by atoms with E-state index in [1.54, 1.807) is 6.07 Å². The Kier molecular flexibility index (Phi) is 5.05. The summed E-state index contributed by atoms with van der Waals surface area (Å²) in [6, 6.07) is 1.71. The second kappa shape index (κ2) is 6.22. The first-order valence-corrected chi connectivity index (χ1v) is 9.42. The number of sulfonamides is 1. The molecule has 1 N–H and O–H groups in total. The summed E-state index contributed by atoms with van der Waals surface area (Å²) in [7, 11) is -1.25. The first-order valence-electron chi connectivity index (χ1n) is 6.32. The Labute approximate surface area is 127 Å². The van der Waals surface area contributed by atoms with E-state index in [1.165, 1.54) is 11.3 Å². The maximum atomic E-state index is 12.2. The third-order valence-electron chi connectivity index (χ3n) is 3.50. The molecule has 1 aliphatic rings. The molecular formula is C12H19BrN2O2S2. The summed E-state index contributed by atoms with van der Waals surface area (Å²) in [6.45, 7) is 4.55. The fourth-order valence-corrected chi connectivity index (χ4v) is 5.52. The normalized spacial score (nSPS) is 18.9. The van der Waals surface area contributed by atoms with E-state index in [0.717, 1.165) is 35.3 Å². The van der Waals surface area contributed by atoms with Crippen molar-refractivity contribution in [2.75, 3.05) is 26.7 Å². The van der Waals surface area contributed by atoms with Crippen LogP contribution in [0.25, 0.3) is 0 Å². The fraction of sp³-hybridized carbons (Fsp3) is 0.667. The van der Waals surface area contributed by atoms with Gasteiger partial charge in [-0.1, -0.05) is 0 Å². The molecule has 1 aromatic rings. The van der Waals surface area contributed by atoms with E-state index in [2.05, 4.69) is 32.6 Å². The maximum Gasteiger partial charge on any atom is 0.250 e. The van der Waals surface area contributed by atoms with Crippen LogP contribution in [0.3, 0.4) is 0 Å². The van der Waals surface area contributed by atoms with Gasteiger partial charge in [0.2, 0.25) is 10.0 Å². The van der Waals surface area contributed by atoms with Crippen LogP contribution in [0.5, 0.6) is 0 Å². The molecule has 19 heavy (non-hydrogen) atoms. The Morgan fingerprint density at radius 3 is 2.63 bits per heavy atom. The summed E-state index contributed by atoms with van der Waals surface area (Å²) >= 11 is 4.63. The van der Waals surface area contributed by atoms with Gasteiger partial charge in [0.1, 0.15) is 4.21 Å². The second-order valence-electron chi connectivity index (χ2n) is 5.12. The molecule has 2 rings (SSSR count). The van der Waals surface area contributed by atoms with Crippen molar-refractivity contribution in [1.82, 2.24) is 9.62 Å². The molecule has 7 heteroatoms. The van der Waals surface area contributed by atoms with Gasteiger partial charge in [0.15, 0.2) is 0 Å². The topological polar surface area (TPSA) is 49.4 Å². The van der Waals surface area contributed by atoms with Crippen LogP contribution in [0.1, 0.15) is 18.4 Å². The lowest BCUT2D eigenvalue weighted by molar-refractivity contribution is 0.220. The predicted molar refractivity (Wildman–Crippen MR) is 82.2 cm³/mol. The average Bonchev–Trinajstić information content (AvgIpc) is 2.70. The first kappa shape index (κ1) is 15.4. The molecule has 0 saturated carbocycles. The summed E-state index contributed by atoms with van der Waals surface area (Å²) < 4.78 is 28.4. The molecule has 0 bridgehead atoms. The van der Waals surface area contributed by atoms with Crippen LogP contribution in [0.2, 0.25) is 0 Å².